The lowest BCUT2D eigenvalue weighted by molar-refractivity contribution is -0.414. The number of hydrogen-bond donors (Lipinski definition) is 0. The maximum Gasteiger partial charge on any atom is 0.384 e. The molecule has 0 radical (unpaired) electrons. The van der Waals surface area contributed by atoms with Crippen molar-refractivity contribution in [2.24, 2.45) is 0 Å². The standard InChI is InChI=1S/C15H8F24O6S2/c16-4(17)8(24,25)12(32,33)14(36,37)10(28,29)6(20,21)1-44-46(40,41)3-47(42,43)45-2-7(22,23)11(30,31)15(38,39)13(34,35)9(26,27)5(18)19/h4-5H,1-3H2. The number of alkyl halides is 24. The molecule has 47 heavy (non-hydrogen) atoms. The molecule has 0 aliphatic carbocycles. The Kier molecular flexibility index (Phi) is 12.0. The molecule has 0 rings (SSSR count). The van der Waals surface area contributed by atoms with Gasteiger partial charge in [0.25, 0.3) is 20.2 Å². The molecule has 0 aliphatic heterocycles. The van der Waals surface area contributed by atoms with Gasteiger partial charge in [0.05, 0.1) is 0 Å². The molecule has 32 heteroatoms. The van der Waals surface area contributed by atoms with Crippen LogP contribution in [0.15, 0.2) is 0 Å². The fourth-order valence-corrected chi connectivity index (χ4v) is 4.91. The summed E-state index contributed by atoms with van der Waals surface area (Å²) < 4.78 is 364. The van der Waals surface area contributed by atoms with E-state index in [1.807, 2.05) is 0 Å². The van der Waals surface area contributed by atoms with Crippen molar-refractivity contribution in [1.29, 1.82) is 0 Å². The van der Waals surface area contributed by atoms with Crippen molar-refractivity contribution < 1.29 is 131 Å². The lowest BCUT2D eigenvalue weighted by Gasteiger charge is -2.39. The van der Waals surface area contributed by atoms with E-state index in [1.165, 1.54) is 0 Å². The van der Waals surface area contributed by atoms with Crippen LogP contribution in [0.5, 0.6) is 0 Å². The van der Waals surface area contributed by atoms with Crippen LogP contribution in [0.3, 0.4) is 0 Å². The highest BCUT2D eigenvalue weighted by Crippen LogP contribution is 2.59. The monoisotopic (exact) mass is 804 g/mol. The van der Waals surface area contributed by atoms with Gasteiger partial charge in [-0.15, -0.1) is 0 Å². The summed E-state index contributed by atoms with van der Waals surface area (Å²) in [6.45, 7) is -8.12. The van der Waals surface area contributed by atoms with Crippen LogP contribution in [-0.2, 0) is 28.6 Å². The first-order chi connectivity index (χ1) is 20.0. The molecule has 0 N–H and O–H groups in total. The van der Waals surface area contributed by atoms with E-state index in [0.717, 1.165) is 0 Å². The van der Waals surface area contributed by atoms with Gasteiger partial charge in [0.15, 0.2) is 0 Å². The first-order valence-electron chi connectivity index (χ1n) is 10.1. The third kappa shape index (κ3) is 7.51. The molecule has 0 saturated heterocycles. The van der Waals surface area contributed by atoms with Crippen LogP contribution < -0.4 is 0 Å². The van der Waals surface area contributed by atoms with Crippen LogP contribution in [0.2, 0.25) is 0 Å². The van der Waals surface area contributed by atoms with E-state index >= 15 is 0 Å². The highest BCUT2D eigenvalue weighted by Gasteiger charge is 2.89. The molecule has 284 valence electrons. The Bertz CT molecular complexity index is 1220. The van der Waals surface area contributed by atoms with Crippen LogP contribution in [0.1, 0.15) is 0 Å². The fraction of sp³-hybridized carbons (Fsp3) is 1.00. The summed E-state index contributed by atoms with van der Waals surface area (Å²) in [5.74, 6) is -78.3. The second kappa shape index (κ2) is 12.5. The predicted molar refractivity (Wildman–Crippen MR) is 96.1 cm³/mol. The average molecular weight is 804 g/mol. The molecule has 0 bridgehead atoms. The maximum absolute atomic E-state index is 13.6. The van der Waals surface area contributed by atoms with E-state index in [2.05, 4.69) is 8.37 Å². The van der Waals surface area contributed by atoms with Gasteiger partial charge in [-0.2, -0.15) is 105 Å². The Labute approximate surface area is 242 Å². The molecule has 0 amide bonds. The van der Waals surface area contributed by atoms with Crippen molar-refractivity contribution in [3.05, 3.63) is 0 Å². The van der Waals surface area contributed by atoms with Gasteiger partial charge in [0, 0.05) is 0 Å². The van der Waals surface area contributed by atoms with E-state index in [4.69, 9.17) is 0 Å². The lowest BCUT2D eigenvalue weighted by atomic mass is 9.95. The van der Waals surface area contributed by atoms with Gasteiger partial charge < -0.3 is 0 Å². The largest absolute Gasteiger partial charge is 0.384 e. The molecular weight excluding hydrogens is 796 g/mol. The SMILES string of the molecule is O=S(=O)(CS(=O)(=O)OCC(F)(F)C(F)(F)C(F)(F)C(F)(F)C(F)(F)C(F)F)OCC(F)(F)C(F)(F)C(F)(F)C(F)(F)C(F)(F)C(F)F. The van der Waals surface area contributed by atoms with Gasteiger partial charge in [-0.25, -0.2) is 17.6 Å². The van der Waals surface area contributed by atoms with E-state index in [9.17, 15) is 122 Å². The summed E-state index contributed by atoms with van der Waals surface area (Å²) in [5.41, 5.74) is 0. The number of rotatable bonds is 18. The highest BCUT2D eigenvalue weighted by molar-refractivity contribution is 8.03. The minimum absolute atomic E-state index is 2.68. The van der Waals surface area contributed by atoms with Gasteiger partial charge in [0.2, 0.25) is 5.08 Å². The normalized spacial score (nSPS) is 16.4. The number of halogens is 24. The Balaban J connectivity index is 6.10. The Hall–Kier alpha value is -1.86. The molecule has 0 spiro atoms. The number of hydrogen-bond acceptors (Lipinski definition) is 6. The van der Waals surface area contributed by atoms with E-state index in [-0.39, 0.29) is 0 Å². The minimum Gasteiger partial charge on any atom is -0.263 e. The average Bonchev–Trinajstić information content (AvgIpc) is 2.84. The zero-order chi connectivity index (χ0) is 38.7. The van der Waals surface area contributed by atoms with Crippen LogP contribution in [0.4, 0.5) is 105 Å². The molecule has 6 nitrogen and oxygen atoms in total. The van der Waals surface area contributed by atoms with Gasteiger partial charge in [-0.1, -0.05) is 0 Å². The second-order valence-electron chi connectivity index (χ2n) is 8.46. The molecule has 0 atom stereocenters. The molecule has 0 aliphatic rings. The zero-order valence-corrected chi connectivity index (χ0v) is 22.2. The summed E-state index contributed by atoms with van der Waals surface area (Å²) in [6.07, 6.45) is -11.9. The minimum atomic E-state index is -8.26. The first-order valence-corrected chi connectivity index (χ1v) is 13.2. The molecule has 0 aromatic carbocycles. The van der Waals surface area contributed by atoms with Crippen LogP contribution in [0.25, 0.3) is 0 Å². The lowest BCUT2D eigenvalue weighted by Crippen LogP contribution is -2.69. The summed E-state index contributed by atoms with van der Waals surface area (Å²) in [5, 5.41) is -3.49. The molecule has 0 saturated carbocycles. The van der Waals surface area contributed by atoms with Crippen molar-refractivity contribution in [3.8, 4) is 0 Å². The van der Waals surface area contributed by atoms with Crippen molar-refractivity contribution in [1.82, 2.24) is 0 Å². The molecular formula is C15H8F24O6S2. The zero-order valence-electron chi connectivity index (χ0n) is 20.6. The van der Waals surface area contributed by atoms with Crippen molar-refractivity contribution in [3.63, 3.8) is 0 Å². The van der Waals surface area contributed by atoms with Crippen LogP contribution in [0, 0.1) is 0 Å². The quantitative estimate of drug-likeness (QED) is 0.116. The van der Waals surface area contributed by atoms with E-state index in [1.54, 1.807) is 0 Å². The maximum atomic E-state index is 13.6. The summed E-state index contributed by atoms with van der Waals surface area (Å²) in [7, 11) is -13.7. The van der Waals surface area contributed by atoms with Crippen molar-refractivity contribution in [2.45, 2.75) is 72.1 Å². The Morgan fingerprint density at radius 2 is 0.596 bits per heavy atom. The van der Waals surface area contributed by atoms with Crippen molar-refractivity contribution in [2.75, 3.05) is 18.3 Å². The van der Waals surface area contributed by atoms with Crippen molar-refractivity contribution >= 4 is 20.2 Å². The predicted octanol–water partition coefficient (Wildman–Crippen LogP) is 6.52. The molecule has 0 aromatic heterocycles. The summed E-state index contributed by atoms with van der Waals surface area (Å²) >= 11 is 0. The first kappa shape index (κ1) is 45.1. The van der Waals surface area contributed by atoms with Gasteiger partial charge in [-0.05, 0) is 0 Å². The van der Waals surface area contributed by atoms with Gasteiger partial charge >= 0.3 is 72.1 Å². The van der Waals surface area contributed by atoms with E-state index in [0.29, 0.717) is 0 Å². The third-order valence-electron chi connectivity index (χ3n) is 5.01. The van der Waals surface area contributed by atoms with Crippen LogP contribution >= 0.6 is 0 Å². The van der Waals surface area contributed by atoms with Crippen LogP contribution in [-0.4, -0.2) is 107 Å². The molecule has 0 heterocycles. The molecule has 0 aromatic rings. The summed E-state index contributed by atoms with van der Waals surface area (Å²) in [4.78, 5) is 0. The summed E-state index contributed by atoms with van der Waals surface area (Å²) in [6, 6.07) is 0. The topological polar surface area (TPSA) is 86.7 Å². The van der Waals surface area contributed by atoms with Gasteiger partial charge in [0.1, 0.15) is 13.2 Å². The Morgan fingerprint density at radius 3 is 0.787 bits per heavy atom. The molecule has 0 unspecified atom stereocenters. The highest BCUT2D eigenvalue weighted by atomic mass is 32.3. The fourth-order valence-electron chi connectivity index (χ4n) is 2.30. The van der Waals surface area contributed by atoms with E-state index < -0.39 is 111 Å². The smallest absolute Gasteiger partial charge is 0.263 e. The Morgan fingerprint density at radius 1 is 0.383 bits per heavy atom. The molecule has 0 fully saturated rings. The third-order valence-corrected chi connectivity index (χ3v) is 8.27. The van der Waals surface area contributed by atoms with Gasteiger partial charge in [-0.3, -0.25) is 8.37 Å². The second-order valence-corrected chi connectivity index (χ2v) is 12.1.